The Hall–Kier alpha value is -2.04. The molecule has 2 N–H and O–H groups in total. The molecule has 0 bridgehead atoms. The fourth-order valence-corrected chi connectivity index (χ4v) is 1.45. The van der Waals surface area contributed by atoms with Crippen molar-refractivity contribution in [2.45, 2.75) is 27.2 Å². The Labute approximate surface area is 118 Å². The number of ether oxygens (including phenoxy) is 1. The summed E-state index contributed by atoms with van der Waals surface area (Å²) in [6.45, 7) is 5.10. The molecule has 1 aromatic rings. The van der Waals surface area contributed by atoms with E-state index >= 15 is 0 Å². The van der Waals surface area contributed by atoms with Crippen molar-refractivity contribution in [1.29, 1.82) is 0 Å². The first kappa shape index (κ1) is 16.0. The number of nitrogens with one attached hydrogen (secondary N) is 1. The van der Waals surface area contributed by atoms with E-state index in [0.29, 0.717) is 5.75 Å². The van der Waals surface area contributed by atoms with E-state index in [9.17, 15) is 9.59 Å². The second-order valence-corrected chi connectivity index (χ2v) is 5.26. The molecule has 0 radical (unpaired) electrons. The first-order chi connectivity index (χ1) is 9.35. The number of amides is 1. The van der Waals surface area contributed by atoms with Crippen molar-refractivity contribution in [2.75, 3.05) is 13.2 Å². The van der Waals surface area contributed by atoms with E-state index in [1.54, 1.807) is 19.9 Å². The maximum absolute atomic E-state index is 11.6. The van der Waals surface area contributed by atoms with E-state index in [4.69, 9.17) is 9.84 Å². The Morgan fingerprint density at radius 1 is 1.35 bits per heavy atom. The van der Waals surface area contributed by atoms with Gasteiger partial charge < -0.3 is 15.2 Å². The monoisotopic (exact) mass is 279 g/mol. The van der Waals surface area contributed by atoms with Crippen molar-refractivity contribution in [3.63, 3.8) is 0 Å². The van der Waals surface area contributed by atoms with E-state index in [1.165, 1.54) is 0 Å². The minimum atomic E-state index is -0.988. The second kappa shape index (κ2) is 6.93. The lowest BCUT2D eigenvalue weighted by Gasteiger charge is -2.19. The summed E-state index contributed by atoms with van der Waals surface area (Å²) in [6, 6.07) is 7.53. The van der Waals surface area contributed by atoms with Gasteiger partial charge in [-0.1, -0.05) is 19.1 Å². The van der Waals surface area contributed by atoms with Crippen LogP contribution < -0.4 is 10.1 Å². The maximum atomic E-state index is 11.6. The number of carboxylic acid groups (broad SMARTS) is 1. The molecule has 0 aliphatic rings. The summed E-state index contributed by atoms with van der Waals surface area (Å²) in [6.07, 6.45) is 0.899. The maximum Gasteiger partial charge on any atom is 0.310 e. The van der Waals surface area contributed by atoms with Gasteiger partial charge in [-0.05, 0) is 38.0 Å². The average molecular weight is 279 g/mol. The Morgan fingerprint density at radius 2 is 2.05 bits per heavy atom. The Morgan fingerprint density at radius 3 is 2.65 bits per heavy atom. The van der Waals surface area contributed by atoms with Crippen molar-refractivity contribution in [1.82, 2.24) is 5.32 Å². The van der Waals surface area contributed by atoms with Crippen molar-refractivity contribution >= 4 is 11.9 Å². The minimum Gasteiger partial charge on any atom is -0.484 e. The summed E-state index contributed by atoms with van der Waals surface area (Å²) in [7, 11) is 0. The summed E-state index contributed by atoms with van der Waals surface area (Å²) in [4.78, 5) is 22.5. The predicted molar refractivity (Wildman–Crippen MR) is 75.7 cm³/mol. The van der Waals surface area contributed by atoms with E-state index in [1.807, 2.05) is 25.1 Å². The van der Waals surface area contributed by atoms with Gasteiger partial charge in [0.1, 0.15) is 5.75 Å². The second-order valence-electron chi connectivity index (χ2n) is 5.26. The molecule has 20 heavy (non-hydrogen) atoms. The van der Waals surface area contributed by atoms with Gasteiger partial charge in [0.25, 0.3) is 5.91 Å². The first-order valence-electron chi connectivity index (χ1n) is 6.57. The summed E-state index contributed by atoms with van der Waals surface area (Å²) in [5.41, 5.74) is 0.146. The van der Waals surface area contributed by atoms with Gasteiger partial charge in [0, 0.05) is 6.54 Å². The molecule has 5 nitrogen and oxygen atoms in total. The van der Waals surface area contributed by atoms with Crippen molar-refractivity contribution in [3.8, 4) is 5.75 Å². The van der Waals surface area contributed by atoms with Crippen molar-refractivity contribution in [2.24, 2.45) is 5.41 Å². The first-order valence-corrected chi connectivity index (χ1v) is 6.57. The summed E-state index contributed by atoms with van der Waals surface area (Å²) >= 11 is 0. The van der Waals surface area contributed by atoms with Gasteiger partial charge in [0.05, 0.1) is 5.41 Å². The molecule has 0 aliphatic carbocycles. The number of benzene rings is 1. The van der Waals surface area contributed by atoms with Gasteiger partial charge in [-0.2, -0.15) is 0 Å². The normalized spacial score (nSPS) is 10.9. The van der Waals surface area contributed by atoms with Crippen LogP contribution in [0.4, 0.5) is 0 Å². The van der Waals surface area contributed by atoms with Crippen LogP contribution in [0.3, 0.4) is 0 Å². The molecule has 0 spiro atoms. The van der Waals surface area contributed by atoms with E-state index in [2.05, 4.69) is 5.32 Å². The third kappa shape index (κ3) is 4.91. The lowest BCUT2D eigenvalue weighted by Crippen LogP contribution is -2.40. The van der Waals surface area contributed by atoms with Gasteiger partial charge in [0.2, 0.25) is 0 Å². The van der Waals surface area contributed by atoms with Gasteiger partial charge >= 0.3 is 5.97 Å². The molecule has 0 aromatic heterocycles. The molecule has 1 aromatic carbocycles. The number of hydrogen-bond donors (Lipinski definition) is 2. The van der Waals surface area contributed by atoms with Crippen LogP contribution in [0.5, 0.6) is 5.75 Å². The van der Waals surface area contributed by atoms with Crippen LogP contribution in [0.1, 0.15) is 26.3 Å². The molecule has 0 aliphatic heterocycles. The third-order valence-electron chi connectivity index (χ3n) is 2.98. The van der Waals surface area contributed by atoms with Crippen molar-refractivity contribution in [3.05, 3.63) is 29.8 Å². The SMILES string of the molecule is CCc1cccc(OCC(=O)NCC(C)(C)C(=O)O)c1. The number of carbonyl (C=O) groups is 2. The molecule has 0 saturated carbocycles. The van der Waals surface area contributed by atoms with Crippen LogP contribution in [0, 0.1) is 5.41 Å². The molecule has 1 rings (SSSR count). The summed E-state index contributed by atoms with van der Waals surface area (Å²) in [5, 5.41) is 11.5. The van der Waals surface area contributed by atoms with Crippen LogP contribution in [0.15, 0.2) is 24.3 Å². The van der Waals surface area contributed by atoms with E-state index < -0.39 is 11.4 Å². The number of aliphatic carboxylic acids is 1. The highest BCUT2D eigenvalue weighted by Gasteiger charge is 2.27. The Kier molecular flexibility index (Phi) is 5.55. The topological polar surface area (TPSA) is 75.6 Å². The van der Waals surface area contributed by atoms with Gasteiger partial charge in [-0.25, -0.2) is 0 Å². The molecule has 0 atom stereocenters. The Bertz CT molecular complexity index is 483. The van der Waals surface area contributed by atoms with Crippen LogP contribution in [0.2, 0.25) is 0 Å². The lowest BCUT2D eigenvalue weighted by molar-refractivity contribution is -0.146. The zero-order valence-electron chi connectivity index (χ0n) is 12.1. The molecule has 0 heterocycles. The molecular weight excluding hydrogens is 258 g/mol. The van der Waals surface area contributed by atoms with Crippen LogP contribution in [-0.2, 0) is 16.0 Å². The molecule has 110 valence electrons. The number of carbonyl (C=O) groups excluding carboxylic acids is 1. The quantitative estimate of drug-likeness (QED) is 0.798. The minimum absolute atomic E-state index is 0.0690. The van der Waals surface area contributed by atoms with Gasteiger partial charge in [0.15, 0.2) is 6.61 Å². The van der Waals surface area contributed by atoms with E-state index in [-0.39, 0.29) is 19.1 Å². The number of aryl methyl sites for hydroxylation is 1. The van der Waals surface area contributed by atoms with Crippen LogP contribution in [-0.4, -0.2) is 30.1 Å². The molecule has 1 amide bonds. The molecule has 5 heteroatoms. The average Bonchev–Trinajstić information content (AvgIpc) is 2.43. The Balaban J connectivity index is 2.42. The highest BCUT2D eigenvalue weighted by Crippen LogP contribution is 2.14. The zero-order valence-corrected chi connectivity index (χ0v) is 12.1. The van der Waals surface area contributed by atoms with Gasteiger partial charge in [-0.3, -0.25) is 9.59 Å². The number of rotatable bonds is 7. The highest BCUT2D eigenvalue weighted by atomic mass is 16.5. The molecular formula is C15H21NO4. The fourth-order valence-electron chi connectivity index (χ4n) is 1.45. The molecule has 0 fully saturated rings. The predicted octanol–water partition coefficient (Wildman–Crippen LogP) is 1.85. The summed E-state index contributed by atoms with van der Waals surface area (Å²) in [5.74, 6) is -0.646. The molecule has 0 saturated heterocycles. The third-order valence-corrected chi connectivity index (χ3v) is 2.98. The van der Waals surface area contributed by atoms with Crippen LogP contribution >= 0.6 is 0 Å². The fraction of sp³-hybridized carbons (Fsp3) is 0.467. The van der Waals surface area contributed by atoms with Crippen LogP contribution in [0.25, 0.3) is 0 Å². The molecule has 0 unspecified atom stereocenters. The van der Waals surface area contributed by atoms with Crippen molar-refractivity contribution < 1.29 is 19.4 Å². The van der Waals surface area contributed by atoms with Gasteiger partial charge in [-0.15, -0.1) is 0 Å². The lowest BCUT2D eigenvalue weighted by atomic mass is 9.94. The number of carboxylic acids is 1. The smallest absolute Gasteiger partial charge is 0.310 e. The largest absolute Gasteiger partial charge is 0.484 e. The standard InChI is InChI=1S/C15H21NO4/c1-4-11-6-5-7-12(8-11)20-9-13(17)16-10-15(2,3)14(18)19/h5-8H,4,9-10H2,1-3H3,(H,16,17)(H,18,19). The highest BCUT2D eigenvalue weighted by molar-refractivity contribution is 5.79. The van der Waals surface area contributed by atoms with E-state index in [0.717, 1.165) is 12.0 Å². The zero-order chi connectivity index (χ0) is 15.2. The number of hydrogen-bond acceptors (Lipinski definition) is 3. The summed E-state index contributed by atoms with van der Waals surface area (Å²) < 4.78 is 5.38.